The fourth-order valence-electron chi connectivity index (χ4n) is 4.82. The number of oxazole rings is 1. The molecule has 1 aromatic rings. The van der Waals surface area contributed by atoms with Gasteiger partial charge in [0.1, 0.15) is 0 Å². The van der Waals surface area contributed by atoms with Gasteiger partial charge in [0, 0.05) is 38.8 Å². The number of likely N-dealkylation sites (tertiary alicyclic amines) is 3. The van der Waals surface area contributed by atoms with Crippen molar-refractivity contribution >= 4 is 11.8 Å². The first-order valence-electron chi connectivity index (χ1n) is 10.4. The molecule has 0 N–H and O–H groups in total. The Morgan fingerprint density at radius 1 is 1.00 bits per heavy atom. The molecular formula is C20H30N4O3. The summed E-state index contributed by atoms with van der Waals surface area (Å²) in [5.74, 6) is 0.839. The van der Waals surface area contributed by atoms with Crippen molar-refractivity contribution in [3.8, 4) is 0 Å². The van der Waals surface area contributed by atoms with Crippen LogP contribution in [0.1, 0.15) is 54.8 Å². The van der Waals surface area contributed by atoms with Gasteiger partial charge in [0.15, 0.2) is 6.39 Å². The van der Waals surface area contributed by atoms with Crippen LogP contribution in [0, 0.1) is 12.8 Å². The number of hydrogen-bond donors (Lipinski definition) is 0. The van der Waals surface area contributed by atoms with Crippen molar-refractivity contribution in [1.82, 2.24) is 19.7 Å². The fourth-order valence-corrected chi connectivity index (χ4v) is 4.82. The summed E-state index contributed by atoms with van der Waals surface area (Å²) in [5.41, 5.74) is 0.654. The first-order valence-corrected chi connectivity index (χ1v) is 10.4. The minimum atomic E-state index is -0.0517. The summed E-state index contributed by atoms with van der Waals surface area (Å²) in [6.07, 6.45) is 7.68. The smallest absolute Gasteiger partial charge is 0.291 e. The van der Waals surface area contributed by atoms with E-state index >= 15 is 0 Å². The van der Waals surface area contributed by atoms with Crippen LogP contribution in [-0.4, -0.2) is 76.8 Å². The van der Waals surface area contributed by atoms with E-state index in [-0.39, 0.29) is 11.8 Å². The largest absolute Gasteiger partial charge is 0.438 e. The minimum absolute atomic E-state index is 0.0517. The van der Waals surface area contributed by atoms with Crippen LogP contribution < -0.4 is 0 Å². The highest BCUT2D eigenvalue weighted by Crippen LogP contribution is 2.26. The molecule has 1 aromatic heterocycles. The molecule has 7 nitrogen and oxygen atoms in total. The number of carbonyl (C=O) groups excluding carboxylic acids is 2. The number of nitrogens with zero attached hydrogens (tertiary/aromatic N) is 4. The molecule has 0 spiro atoms. The number of piperidine rings is 2. The highest BCUT2D eigenvalue weighted by atomic mass is 16.3. The van der Waals surface area contributed by atoms with Crippen LogP contribution in [0.25, 0.3) is 0 Å². The number of hydrogen-bond acceptors (Lipinski definition) is 5. The van der Waals surface area contributed by atoms with Gasteiger partial charge >= 0.3 is 0 Å². The molecule has 3 fully saturated rings. The van der Waals surface area contributed by atoms with Crippen LogP contribution in [-0.2, 0) is 4.79 Å². The van der Waals surface area contributed by atoms with Crippen molar-refractivity contribution in [3.05, 3.63) is 17.8 Å². The van der Waals surface area contributed by atoms with Crippen molar-refractivity contribution < 1.29 is 14.0 Å². The van der Waals surface area contributed by atoms with E-state index in [1.165, 1.54) is 6.39 Å². The summed E-state index contributed by atoms with van der Waals surface area (Å²) in [5, 5.41) is 0. The second-order valence-electron chi connectivity index (χ2n) is 8.16. The van der Waals surface area contributed by atoms with Gasteiger partial charge in [-0.3, -0.25) is 14.5 Å². The topological polar surface area (TPSA) is 69.9 Å². The maximum Gasteiger partial charge on any atom is 0.291 e. The molecular weight excluding hydrogens is 344 g/mol. The quantitative estimate of drug-likeness (QED) is 0.808. The molecule has 3 aliphatic heterocycles. The van der Waals surface area contributed by atoms with Crippen LogP contribution in [0.15, 0.2) is 10.8 Å². The molecule has 3 aliphatic rings. The number of aromatic nitrogens is 1. The highest BCUT2D eigenvalue weighted by molar-refractivity contribution is 5.92. The molecule has 2 amide bonds. The van der Waals surface area contributed by atoms with E-state index in [0.29, 0.717) is 23.4 Å². The number of carbonyl (C=O) groups is 2. The maximum atomic E-state index is 12.8. The fraction of sp³-hybridized carbons (Fsp3) is 0.750. The second kappa shape index (κ2) is 8.00. The van der Waals surface area contributed by atoms with Gasteiger partial charge in [-0.2, -0.15) is 0 Å². The van der Waals surface area contributed by atoms with Gasteiger partial charge in [0.2, 0.25) is 11.7 Å². The summed E-state index contributed by atoms with van der Waals surface area (Å²) < 4.78 is 5.26. The third-order valence-electron chi connectivity index (χ3n) is 6.43. The van der Waals surface area contributed by atoms with Crippen molar-refractivity contribution in [2.45, 2.75) is 51.5 Å². The molecule has 0 aromatic carbocycles. The summed E-state index contributed by atoms with van der Waals surface area (Å²) in [4.78, 5) is 35.8. The third-order valence-corrected chi connectivity index (χ3v) is 6.43. The Morgan fingerprint density at radius 2 is 1.74 bits per heavy atom. The van der Waals surface area contributed by atoms with E-state index in [1.807, 2.05) is 4.90 Å². The van der Waals surface area contributed by atoms with Crippen LogP contribution in [0.4, 0.5) is 0 Å². The van der Waals surface area contributed by atoms with E-state index in [1.54, 1.807) is 6.92 Å². The van der Waals surface area contributed by atoms with Crippen molar-refractivity contribution in [1.29, 1.82) is 0 Å². The molecule has 3 saturated heterocycles. The van der Waals surface area contributed by atoms with Crippen molar-refractivity contribution in [2.75, 3.05) is 39.3 Å². The summed E-state index contributed by atoms with van der Waals surface area (Å²) in [7, 11) is 0. The standard InChI is InChI=1S/C20H30N4O3/c1-15-18(27-14-21-15)20(26)23-11-6-17(7-12-23)24-10-4-5-16(13-24)19(25)22-8-2-3-9-22/h14,16-17H,2-13H2,1H3/t16-/m0/s1. The van der Waals surface area contributed by atoms with E-state index in [0.717, 1.165) is 77.8 Å². The van der Waals surface area contributed by atoms with Crippen molar-refractivity contribution in [3.63, 3.8) is 0 Å². The Morgan fingerprint density at radius 3 is 2.41 bits per heavy atom. The summed E-state index contributed by atoms with van der Waals surface area (Å²) in [6.45, 7) is 7.12. The van der Waals surface area contributed by atoms with Gasteiger partial charge < -0.3 is 14.2 Å². The van der Waals surface area contributed by atoms with E-state index < -0.39 is 0 Å². The lowest BCUT2D eigenvalue weighted by molar-refractivity contribution is -0.136. The van der Waals surface area contributed by atoms with Gasteiger partial charge in [-0.1, -0.05) is 0 Å². The van der Waals surface area contributed by atoms with Gasteiger partial charge in [-0.05, 0) is 52.0 Å². The zero-order valence-electron chi connectivity index (χ0n) is 16.2. The third kappa shape index (κ3) is 3.88. The van der Waals surface area contributed by atoms with Crippen LogP contribution >= 0.6 is 0 Å². The van der Waals surface area contributed by atoms with Gasteiger partial charge in [0.25, 0.3) is 5.91 Å². The van der Waals surface area contributed by atoms with E-state index in [9.17, 15) is 9.59 Å². The Labute approximate surface area is 160 Å². The lowest BCUT2D eigenvalue weighted by Gasteiger charge is -2.42. The highest BCUT2D eigenvalue weighted by Gasteiger charge is 2.35. The molecule has 0 bridgehead atoms. The normalized spacial score (nSPS) is 25.1. The van der Waals surface area contributed by atoms with Crippen LogP contribution in [0.2, 0.25) is 0 Å². The van der Waals surface area contributed by atoms with E-state index in [2.05, 4.69) is 14.8 Å². The lowest BCUT2D eigenvalue weighted by atomic mass is 9.93. The Kier molecular flexibility index (Phi) is 5.48. The molecule has 1 atom stereocenters. The average molecular weight is 374 g/mol. The summed E-state index contributed by atoms with van der Waals surface area (Å²) in [6, 6.07) is 0.471. The number of aryl methyl sites for hydroxylation is 1. The number of rotatable bonds is 3. The molecule has 0 saturated carbocycles. The molecule has 4 heterocycles. The molecule has 0 unspecified atom stereocenters. The first-order chi connectivity index (χ1) is 13.1. The molecule has 0 radical (unpaired) electrons. The number of amides is 2. The van der Waals surface area contributed by atoms with Crippen molar-refractivity contribution in [2.24, 2.45) is 5.92 Å². The zero-order chi connectivity index (χ0) is 18.8. The molecule has 27 heavy (non-hydrogen) atoms. The maximum absolute atomic E-state index is 12.8. The van der Waals surface area contributed by atoms with Crippen LogP contribution in [0.3, 0.4) is 0 Å². The van der Waals surface area contributed by atoms with E-state index in [4.69, 9.17) is 4.42 Å². The van der Waals surface area contributed by atoms with Gasteiger partial charge in [-0.15, -0.1) is 0 Å². The predicted molar refractivity (Wildman–Crippen MR) is 100 cm³/mol. The predicted octanol–water partition coefficient (Wildman–Crippen LogP) is 1.92. The molecule has 0 aliphatic carbocycles. The SMILES string of the molecule is Cc1ncoc1C(=O)N1CCC(N2CCC[C@H](C(=O)N3CCCC3)C2)CC1. The Bertz CT molecular complexity index is 675. The summed E-state index contributed by atoms with van der Waals surface area (Å²) >= 11 is 0. The second-order valence-corrected chi connectivity index (χ2v) is 8.16. The van der Waals surface area contributed by atoms with Gasteiger partial charge in [-0.25, -0.2) is 4.98 Å². The first kappa shape index (κ1) is 18.5. The van der Waals surface area contributed by atoms with Crippen LogP contribution in [0.5, 0.6) is 0 Å². The van der Waals surface area contributed by atoms with Gasteiger partial charge in [0.05, 0.1) is 11.6 Å². The zero-order valence-corrected chi connectivity index (χ0v) is 16.2. The Balaban J connectivity index is 1.30. The average Bonchev–Trinajstić information content (AvgIpc) is 3.39. The molecule has 148 valence electrons. The lowest BCUT2D eigenvalue weighted by Crippen LogP contribution is -2.51. The molecule has 4 rings (SSSR count). The minimum Gasteiger partial charge on any atom is -0.438 e. The Hall–Kier alpha value is -1.89. The monoisotopic (exact) mass is 374 g/mol. The molecule has 7 heteroatoms.